The van der Waals surface area contributed by atoms with Crippen molar-refractivity contribution < 1.29 is 4.79 Å². The molecule has 0 amide bonds. The molecule has 1 saturated heterocycles. The van der Waals surface area contributed by atoms with Gasteiger partial charge in [-0.05, 0) is 39.7 Å². The van der Waals surface area contributed by atoms with E-state index in [1.165, 1.54) is 12.8 Å². The second-order valence-electron chi connectivity index (χ2n) is 5.41. The highest BCUT2D eigenvalue weighted by molar-refractivity contribution is 5.95. The average molecular weight is 245 g/mol. The molecule has 2 rings (SSSR count). The number of carbonyl (C=O) groups is 1. The van der Waals surface area contributed by atoms with Crippen LogP contribution in [0.2, 0.25) is 0 Å². The van der Waals surface area contributed by atoms with Crippen molar-refractivity contribution >= 4 is 5.78 Å². The molecule has 2 heteroatoms. The molecule has 1 aliphatic rings. The molecular formula is C16H23NO. The van der Waals surface area contributed by atoms with Gasteiger partial charge in [0.1, 0.15) is 0 Å². The van der Waals surface area contributed by atoms with Gasteiger partial charge in [0.15, 0.2) is 5.78 Å². The molecule has 0 saturated carbocycles. The third-order valence-corrected chi connectivity index (χ3v) is 4.05. The Bertz CT molecular complexity index is 377. The maximum Gasteiger partial charge on any atom is 0.162 e. The zero-order valence-electron chi connectivity index (χ0n) is 11.4. The predicted molar refractivity (Wildman–Crippen MR) is 74.9 cm³/mol. The number of benzene rings is 1. The molecule has 0 bridgehead atoms. The van der Waals surface area contributed by atoms with E-state index < -0.39 is 0 Å². The number of Topliss-reactive ketones (excluding diaryl/α,β-unsaturated/α-hetero) is 1. The van der Waals surface area contributed by atoms with E-state index in [0.29, 0.717) is 18.5 Å². The zero-order valence-corrected chi connectivity index (χ0v) is 11.4. The summed E-state index contributed by atoms with van der Waals surface area (Å²) in [5.41, 5.74) is 0.847. The molecule has 0 spiro atoms. The highest BCUT2D eigenvalue weighted by Gasteiger charge is 2.26. The van der Waals surface area contributed by atoms with Crippen LogP contribution >= 0.6 is 0 Å². The summed E-state index contributed by atoms with van der Waals surface area (Å²) in [5.74, 6) is 0.273. The third kappa shape index (κ3) is 3.20. The van der Waals surface area contributed by atoms with Crippen LogP contribution in [0.15, 0.2) is 30.3 Å². The Morgan fingerprint density at radius 1 is 1.17 bits per heavy atom. The van der Waals surface area contributed by atoms with Crippen LogP contribution in [0.3, 0.4) is 0 Å². The minimum absolute atomic E-state index is 0.273. The fraction of sp³-hybridized carbons (Fsp3) is 0.562. The lowest BCUT2D eigenvalue weighted by Crippen LogP contribution is -2.33. The average Bonchev–Trinajstić information content (AvgIpc) is 2.71. The molecule has 18 heavy (non-hydrogen) atoms. The first-order valence-corrected chi connectivity index (χ1v) is 7.02. The number of hydrogen-bond donors (Lipinski definition) is 0. The fourth-order valence-corrected chi connectivity index (χ4v) is 2.88. The molecule has 0 aromatic heterocycles. The molecule has 98 valence electrons. The molecule has 1 fully saturated rings. The van der Waals surface area contributed by atoms with Gasteiger partial charge >= 0.3 is 0 Å². The molecule has 2 nitrogen and oxygen atoms in total. The molecular weight excluding hydrogens is 222 g/mol. The minimum atomic E-state index is 0.273. The highest BCUT2D eigenvalue weighted by Crippen LogP contribution is 2.23. The summed E-state index contributed by atoms with van der Waals surface area (Å²) < 4.78 is 0. The topological polar surface area (TPSA) is 20.3 Å². The van der Waals surface area contributed by atoms with Gasteiger partial charge in [0.05, 0.1) is 0 Å². The summed E-state index contributed by atoms with van der Waals surface area (Å²) in [6.07, 6.45) is 4.24. The van der Waals surface area contributed by atoms with Gasteiger partial charge in [-0.15, -0.1) is 0 Å². The monoisotopic (exact) mass is 245 g/mol. The van der Waals surface area contributed by atoms with Crippen molar-refractivity contribution in [3.8, 4) is 0 Å². The first-order chi connectivity index (χ1) is 8.68. The van der Waals surface area contributed by atoms with Gasteiger partial charge in [-0.2, -0.15) is 0 Å². The molecule has 0 aliphatic carbocycles. The van der Waals surface area contributed by atoms with Crippen molar-refractivity contribution in [2.24, 2.45) is 0 Å². The maximum atomic E-state index is 12.0. The highest BCUT2D eigenvalue weighted by atomic mass is 16.1. The van der Waals surface area contributed by atoms with Crippen molar-refractivity contribution in [3.63, 3.8) is 0 Å². The molecule has 0 N–H and O–H groups in total. The minimum Gasteiger partial charge on any atom is -0.298 e. The number of nitrogens with zero attached hydrogens (tertiary/aromatic N) is 1. The predicted octanol–water partition coefficient (Wildman–Crippen LogP) is 3.52. The number of rotatable bonds is 5. The van der Waals surface area contributed by atoms with E-state index in [2.05, 4.69) is 18.7 Å². The van der Waals surface area contributed by atoms with Gasteiger partial charge in [-0.3, -0.25) is 9.69 Å². The zero-order chi connectivity index (χ0) is 13.0. The van der Waals surface area contributed by atoms with Crippen molar-refractivity contribution in [2.75, 3.05) is 6.54 Å². The second kappa shape index (κ2) is 6.14. The number of likely N-dealkylation sites (tertiary alicyclic amines) is 1. The van der Waals surface area contributed by atoms with E-state index in [1.807, 2.05) is 30.3 Å². The van der Waals surface area contributed by atoms with Crippen LogP contribution in [0.1, 0.15) is 49.9 Å². The van der Waals surface area contributed by atoms with E-state index in [1.54, 1.807) is 0 Å². The van der Waals surface area contributed by atoms with Gasteiger partial charge in [0.2, 0.25) is 0 Å². The first kappa shape index (κ1) is 13.3. The van der Waals surface area contributed by atoms with Crippen molar-refractivity contribution in [2.45, 2.75) is 51.6 Å². The summed E-state index contributed by atoms with van der Waals surface area (Å²) in [5, 5.41) is 0. The fourth-order valence-electron chi connectivity index (χ4n) is 2.88. The van der Waals surface area contributed by atoms with E-state index in [9.17, 15) is 4.79 Å². The van der Waals surface area contributed by atoms with Crippen molar-refractivity contribution in [1.29, 1.82) is 0 Å². The van der Waals surface area contributed by atoms with Crippen LogP contribution in [0.25, 0.3) is 0 Å². The maximum absolute atomic E-state index is 12.0. The summed E-state index contributed by atoms with van der Waals surface area (Å²) in [6.45, 7) is 5.64. The van der Waals surface area contributed by atoms with Crippen LogP contribution in [0, 0.1) is 0 Å². The second-order valence-corrected chi connectivity index (χ2v) is 5.41. The Morgan fingerprint density at radius 3 is 2.39 bits per heavy atom. The summed E-state index contributed by atoms with van der Waals surface area (Å²) >= 11 is 0. The van der Waals surface area contributed by atoms with E-state index in [4.69, 9.17) is 0 Å². The van der Waals surface area contributed by atoms with Gasteiger partial charge in [0, 0.05) is 24.1 Å². The quantitative estimate of drug-likeness (QED) is 0.740. The lowest BCUT2D eigenvalue weighted by molar-refractivity contribution is 0.0970. The molecule has 1 aliphatic heterocycles. The first-order valence-electron chi connectivity index (χ1n) is 7.02. The summed E-state index contributed by atoms with van der Waals surface area (Å²) in [7, 11) is 0. The van der Waals surface area contributed by atoms with Crippen LogP contribution in [-0.2, 0) is 0 Å². The number of carbonyl (C=O) groups excluding carboxylic acids is 1. The molecule has 0 radical (unpaired) electrons. The van der Waals surface area contributed by atoms with Gasteiger partial charge < -0.3 is 0 Å². The van der Waals surface area contributed by atoms with E-state index >= 15 is 0 Å². The van der Waals surface area contributed by atoms with Gasteiger partial charge in [0.25, 0.3) is 0 Å². The van der Waals surface area contributed by atoms with Crippen LogP contribution in [-0.4, -0.2) is 29.3 Å². The van der Waals surface area contributed by atoms with Gasteiger partial charge in [-0.25, -0.2) is 0 Å². The Morgan fingerprint density at radius 2 is 1.78 bits per heavy atom. The number of hydrogen-bond acceptors (Lipinski definition) is 2. The molecule has 1 aromatic rings. The SMILES string of the molecule is C[C@H]1CC[C@H](C)N1CCCC(=O)c1ccccc1. The Balaban J connectivity index is 1.77. The Hall–Kier alpha value is -1.15. The lowest BCUT2D eigenvalue weighted by Gasteiger charge is -2.25. The standard InChI is InChI=1S/C16H23NO/c1-13-10-11-14(2)17(13)12-6-9-16(18)15-7-4-3-5-8-15/h3-5,7-8,13-14H,6,9-12H2,1-2H3/t13-,14-/m0/s1. The largest absolute Gasteiger partial charge is 0.298 e. The smallest absolute Gasteiger partial charge is 0.162 e. The van der Waals surface area contributed by atoms with Crippen molar-refractivity contribution in [1.82, 2.24) is 4.90 Å². The van der Waals surface area contributed by atoms with E-state index in [0.717, 1.165) is 18.5 Å². The van der Waals surface area contributed by atoms with E-state index in [-0.39, 0.29) is 5.78 Å². The summed E-state index contributed by atoms with van der Waals surface area (Å²) in [4.78, 5) is 14.5. The van der Waals surface area contributed by atoms with Crippen LogP contribution in [0.5, 0.6) is 0 Å². The molecule has 2 atom stereocenters. The Labute approximate surface area is 110 Å². The number of ketones is 1. The molecule has 0 unspecified atom stereocenters. The molecule has 1 heterocycles. The Kier molecular flexibility index (Phi) is 4.54. The van der Waals surface area contributed by atoms with Crippen LogP contribution in [0.4, 0.5) is 0 Å². The van der Waals surface area contributed by atoms with Crippen LogP contribution < -0.4 is 0 Å². The third-order valence-electron chi connectivity index (χ3n) is 4.05. The van der Waals surface area contributed by atoms with Gasteiger partial charge in [-0.1, -0.05) is 30.3 Å². The molecule has 1 aromatic carbocycles. The lowest BCUT2D eigenvalue weighted by atomic mass is 10.1. The normalized spacial score (nSPS) is 24.3. The summed E-state index contributed by atoms with van der Waals surface area (Å²) in [6, 6.07) is 11.0. The van der Waals surface area contributed by atoms with Crippen molar-refractivity contribution in [3.05, 3.63) is 35.9 Å².